The topological polar surface area (TPSA) is 51.0 Å². The molecule has 0 amide bonds. The quantitative estimate of drug-likeness (QED) is 0.824. The second-order valence-electron chi connectivity index (χ2n) is 4.43. The summed E-state index contributed by atoms with van der Waals surface area (Å²) >= 11 is 0. The minimum Gasteiger partial charge on any atom is -0.424 e. The van der Waals surface area contributed by atoms with E-state index in [1.165, 1.54) is 25.7 Å². The summed E-state index contributed by atoms with van der Waals surface area (Å²) in [5, 5.41) is 11.2. The summed E-state index contributed by atoms with van der Waals surface area (Å²) in [5.74, 6) is 2.16. The minimum atomic E-state index is 0.555. The summed E-state index contributed by atoms with van der Waals surface area (Å²) < 4.78 is 5.31. The van der Waals surface area contributed by atoms with Crippen molar-refractivity contribution in [1.29, 1.82) is 0 Å². The molecule has 1 atom stereocenters. The zero-order valence-corrected chi connectivity index (χ0v) is 9.49. The molecule has 0 saturated heterocycles. The van der Waals surface area contributed by atoms with Crippen molar-refractivity contribution in [3.63, 3.8) is 0 Å². The Morgan fingerprint density at radius 1 is 1.40 bits per heavy atom. The zero-order chi connectivity index (χ0) is 10.7. The lowest BCUT2D eigenvalue weighted by molar-refractivity contribution is 0.355. The highest BCUT2D eigenvalue weighted by Gasteiger charge is 2.21. The maximum Gasteiger partial charge on any atom is 0.230 e. The Hall–Kier alpha value is -0.900. The first-order valence-electron chi connectivity index (χ1n) is 5.78. The van der Waals surface area contributed by atoms with E-state index < -0.39 is 0 Å². The van der Waals surface area contributed by atoms with E-state index in [9.17, 15) is 0 Å². The molecule has 2 rings (SSSR count). The van der Waals surface area contributed by atoms with Crippen LogP contribution in [0, 0.1) is 12.8 Å². The van der Waals surface area contributed by atoms with Gasteiger partial charge in [-0.3, -0.25) is 0 Å². The Morgan fingerprint density at radius 3 is 2.73 bits per heavy atom. The molecule has 1 saturated carbocycles. The van der Waals surface area contributed by atoms with Gasteiger partial charge in [0.1, 0.15) is 0 Å². The van der Waals surface area contributed by atoms with Crippen LogP contribution in [0.5, 0.6) is 0 Å². The van der Waals surface area contributed by atoms with Gasteiger partial charge in [0.15, 0.2) is 0 Å². The van der Waals surface area contributed by atoms with Crippen LogP contribution in [-0.4, -0.2) is 16.2 Å². The Morgan fingerprint density at radius 2 is 2.13 bits per heavy atom. The van der Waals surface area contributed by atoms with E-state index in [1.807, 2.05) is 6.92 Å². The lowest BCUT2D eigenvalue weighted by atomic mass is 10.00. The normalized spacial score (nSPS) is 19.6. The van der Waals surface area contributed by atoms with Crippen LogP contribution < -0.4 is 5.32 Å². The van der Waals surface area contributed by atoms with Gasteiger partial charge in [-0.1, -0.05) is 12.8 Å². The fourth-order valence-corrected chi connectivity index (χ4v) is 2.28. The van der Waals surface area contributed by atoms with E-state index >= 15 is 0 Å². The first-order chi connectivity index (χ1) is 7.25. The van der Waals surface area contributed by atoms with Crippen LogP contribution in [0.4, 0.5) is 0 Å². The van der Waals surface area contributed by atoms with Crippen molar-refractivity contribution in [3.8, 4) is 0 Å². The van der Waals surface area contributed by atoms with E-state index in [0.29, 0.717) is 24.4 Å². The Balaban J connectivity index is 1.77. The Kier molecular flexibility index (Phi) is 3.36. The average molecular weight is 209 g/mol. The summed E-state index contributed by atoms with van der Waals surface area (Å²) in [6.45, 7) is 4.76. The van der Waals surface area contributed by atoms with Gasteiger partial charge >= 0.3 is 0 Å². The van der Waals surface area contributed by atoms with E-state index in [1.54, 1.807) is 0 Å². The van der Waals surface area contributed by atoms with Crippen LogP contribution in [0.2, 0.25) is 0 Å². The monoisotopic (exact) mass is 209 g/mol. The molecule has 0 radical (unpaired) electrons. The van der Waals surface area contributed by atoms with Crippen LogP contribution in [0.15, 0.2) is 4.42 Å². The second kappa shape index (κ2) is 4.75. The van der Waals surface area contributed by atoms with Crippen molar-refractivity contribution in [2.24, 2.45) is 5.92 Å². The number of aryl methyl sites for hydroxylation is 1. The van der Waals surface area contributed by atoms with Gasteiger partial charge < -0.3 is 9.73 Å². The third kappa shape index (κ3) is 2.78. The third-order valence-electron chi connectivity index (χ3n) is 3.25. The predicted octanol–water partition coefficient (Wildman–Crippen LogP) is 2.05. The van der Waals surface area contributed by atoms with Gasteiger partial charge in [-0.05, 0) is 25.7 Å². The molecular weight excluding hydrogens is 190 g/mol. The van der Waals surface area contributed by atoms with Gasteiger partial charge in [-0.25, -0.2) is 0 Å². The highest BCUT2D eigenvalue weighted by Crippen LogP contribution is 2.27. The van der Waals surface area contributed by atoms with Gasteiger partial charge in [0.05, 0.1) is 6.54 Å². The highest BCUT2D eigenvalue weighted by molar-refractivity contribution is 4.82. The van der Waals surface area contributed by atoms with Gasteiger partial charge in [-0.15, -0.1) is 10.2 Å². The molecule has 1 aliphatic carbocycles. The van der Waals surface area contributed by atoms with Crippen molar-refractivity contribution in [2.45, 2.75) is 52.1 Å². The molecule has 0 spiro atoms. The molecule has 1 N–H and O–H groups in total. The number of rotatable bonds is 4. The average Bonchev–Trinajstić information content (AvgIpc) is 2.84. The number of aromatic nitrogens is 2. The second-order valence-corrected chi connectivity index (χ2v) is 4.43. The molecule has 1 aromatic heterocycles. The lowest BCUT2D eigenvalue weighted by Crippen LogP contribution is -2.31. The van der Waals surface area contributed by atoms with Gasteiger partial charge in [0.25, 0.3) is 0 Å². The number of hydrogen-bond acceptors (Lipinski definition) is 4. The molecule has 1 aliphatic rings. The van der Waals surface area contributed by atoms with Crippen molar-refractivity contribution in [1.82, 2.24) is 15.5 Å². The fourth-order valence-electron chi connectivity index (χ4n) is 2.28. The molecule has 1 fully saturated rings. The number of nitrogens with one attached hydrogen (secondary N) is 1. The van der Waals surface area contributed by atoms with Crippen molar-refractivity contribution in [2.75, 3.05) is 0 Å². The van der Waals surface area contributed by atoms with Gasteiger partial charge in [0.2, 0.25) is 11.8 Å². The van der Waals surface area contributed by atoms with Gasteiger partial charge in [-0.2, -0.15) is 0 Å². The van der Waals surface area contributed by atoms with Gasteiger partial charge in [0, 0.05) is 13.0 Å². The molecule has 4 nitrogen and oxygen atoms in total. The standard InChI is InChI=1S/C11H19N3O/c1-8(10-5-3-4-6-10)12-7-11-14-13-9(2)15-11/h8,10,12H,3-7H2,1-2H3. The summed E-state index contributed by atoms with van der Waals surface area (Å²) in [6.07, 6.45) is 5.49. The molecule has 1 aromatic rings. The van der Waals surface area contributed by atoms with Crippen LogP contribution >= 0.6 is 0 Å². The molecule has 0 bridgehead atoms. The largest absolute Gasteiger partial charge is 0.424 e. The summed E-state index contributed by atoms with van der Waals surface area (Å²) in [6, 6.07) is 0.555. The number of hydrogen-bond donors (Lipinski definition) is 1. The smallest absolute Gasteiger partial charge is 0.230 e. The van der Waals surface area contributed by atoms with Crippen molar-refractivity contribution < 1.29 is 4.42 Å². The summed E-state index contributed by atoms with van der Waals surface area (Å²) in [5.41, 5.74) is 0. The van der Waals surface area contributed by atoms with Crippen LogP contribution in [-0.2, 0) is 6.54 Å². The Labute approximate surface area is 90.5 Å². The molecule has 0 aliphatic heterocycles. The SMILES string of the molecule is Cc1nnc(CNC(C)C2CCCC2)o1. The third-order valence-corrected chi connectivity index (χ3v) is 3.25. The zero-order valence-electron chi connectivity index (χ0n) is 9.49. The minimum absolute atomic E-state index is 0.555. The first-order valence-corrected chi connectivity index (χ1v) is 5.78. The summed E-state index contributed by atoms with van der Waals surface area (Å²) in [4.78, 5) is 0. The van der Waals surface area contributed by atoms with E-state index in [-0.39, 0.29) is 0 Å². The molecular formula is C11H19N3O. The van der Waals surface area contributed by atoms with Crippen molar-refractivity contribution >= 4 is 0 Å². The van der Waals surface area contributed by atoms with E-state index in [0.717, 1.165) is 5.92 Å². The highest BCUT2D eigenvalue weighted by atomic mass is 16.4. The molecule has 1 heterocycles. The first kappa shape index (κ1) is 10.6. The lowest BCUT2D eigenvalue weighted by Gasteiger charge is -2.19. The maximum atomic E-state index is 5.31. The van der Waals surface area contributed by atoms with Crippen LogP contribution in [0.1, 0.15) is 44.4 Å². The predicted molar refractivity (Wildman–Crippen MR) is 57.3 cm³/mol. The fraction of sp³-hybridized carbons (Fsp3) is 0.818. The Bertz CT molecular complexity index is 305. The van der Waals surface area contributed by atoms with Crippen LogP contribution in [0.3, 0.4) is 0 Å². The molecule has 0 aromatic carbocycles. The number of nitrogens with zero attached hydrogens (tertiary/aromatic N) is 2. The van der Waals surface area contributed by atoms with Crippen LogP contribution in [0.25, 0.3) is 0 Å². The summed E-state index contributed by atoms with van der Waals surface area (Å²) in [7, 11) is 0. The van der Waals surface area contributed by atoms with E-state index in [2.05, 4.69) is 22.4 Å². The molecule has 15 heavy (non-hydrogen) atoms. The maximum absolute atomic E-state index is 5.31. The molecule has 1 unspecified atom stereocenters. The van der Waals surface area contributed by atoms with Crippen molar-refractivity contribution in [3.05, 3.63) is 11.8 Å². The van der Waals surface area contributed by atoms with E-state index in [4.69, 9.17) is 4.42 Å². The molecule has 4 heteroatoms. The molecule has 84 valence electrons.